The van der Waals surface area contributed by atoms with Gasteiger partial charge in [-0.3, -0.25) is 0 Å². The van der Waals surface area contributed by atoms with Gasteiger partial charge in [0.05, 0.1) is 6.04 Å². The summed E-state index contributed by atoms with van der Waals surface area (Å²) >= 11 is 0. The molecule has 1 N–H and O–H groups in total. The summed E-state index contributed by atoms with van der Waals surface area (Å²) in [4.78, 5) is 0. The van der Waals surface area contributed by atoms with E-state index in [2.05, 4.69) is 20.8 Å². The monoisotopic (exact) mass is 233 g/mol. The molecule has 1 aromatic carbocycles. The molecule has 1 unspecified atom stereocenters. The lowest BCUT2D eigenvalue weighted by Gasteiger charge is -2.10. The Morgan fingerprint density at radius 2 is 2.24 bits per heavy atom. The fourth-order valence-corrected chi connectivity index (χ4v) is 2.11. The molecule has 0 aliphatic carbocycles. The summed E-state index contributed by atoms with van der Waals surface area (Å²) in [5.74, 6) is 0.353. The van der Waals surface area contributed by atoms with E-state index in [4.69, 9.17) is 0 Å². The third-order valence-corrected chi connectivity index (χ3v) is 2.95. The Kier molecular flexibility index (Phi) is 2.56. The zero-order chi connectivity index (χ0) is 11.7. The van der Waals surface area contributed by atoms with Gasteiger partial charge in [-0.1, -0.05) is 12.1 Å². The minimum absolute atomic E-state index is 0.115. The third kappa shape index (κ3) is 1.80. The van der Waals surface area contributed by atoms with Gasteiger partial charge in [0.2, 0.25) is 0 Å². The van der Waals surface area contributed by atoms with Crippen molar-refractivity contribution in [2.75, 3.05) is 6.54 Å². The average Bonchev–Trinajstić information content (AvgIpc) is 3.00. The van der Waals surface area contributed by atoms with Crippen LogP contribution >= 0.6 is 0 Å². The van der Waals surface area contributed by atoms with Crippen molar-refractivity contribution in [3.05, 3.63) is 35.9 Å². The van der Waals surface area contributed by atoms with E-state index in [1.807, 2.05) is 0 Å². The summed E-state index contributed by atoms with van der Waals surface area (Å²) < 4.78 is 15.2. The molecule has 5 nitrogen and oxygen atoms in total. The van der Waals surface area contributed by atoms with Crippen molar-refractivity contribution in [3.63, 3.8) is 0 Å². The van der Waals surface area contributed by atoms with Gasteiger partial charge in [-0.15, -0.1) is 5.10 Å². The molecule has 3 rings (SSSR count). The molecule has 6 heteroatoms. The molecule has 0 amide bonds. The maximum absolute atomic E-state index is 13.7. The van der Waals surface area contributed by atoms with Crippen LogP contribution in [0.2, 0.25) is 0 Å². The van der Waals surface area contributed by atoms with E-state index in [0.29, 0.717) is 11.5 Å². The van der Waals surface area contributed by atoms with Crippen LogP contribution in [0.15, 0.2) is 24.3 Å². The Hall–Kier alpha value is -1.82. The summed E-state index contributed by atoms with van der Waals surface area (Å²) in [7, 11) is 0. The molecule has 2 aromatic rings. The van der Waals surface area contributed by atoms with E-state index in [0.717, 1.165) is 19.4 Å². The van der Waals surface area contributed by atoms with Crippen LogP contribution in [0.25, 0.3) is 5.69 Å². The Morgan fingerprint density at radius 3 is 3.00 bits per heavy atom. The number of halogens is 1. The lowest BCUT2D eigenvalue weighted by molar-refractivity contribution is 0.563. The Bertz CT molecular complexity index is 518. The number of nitrogens with zero attached hydrogens (tertiary/aromatic N) is 4. The highest BCUT2D eigenvalue weighted by atomic mass is 19.1. The van der Waals surface area contributed by atoms with Crippen LogP contribution in [-0.2, 0) is 0 Å². The van der Waals surface area contributed by atoms with E-state index < -0.39 is 0 Å². The highest BCUT2D eigenvalue weighted by Gasteiger charge is 2.23. The minimum Gasteiger partial charge on any atom is -0.307 e. The SMILES string of the molecule is Fc1ccccc1-n1nnnc1C1CCCN1. The van der Waals surface area contributed by atoms with Crippen molar-refractivity contribution in [3.8, 4) is 5.69 Å². The van der Waals surface area contributed by atoms with Crippen LogP contribution in [0, 0.1) is 5.82 Å². The standard InChI is InChI=1S/C11H12FN5/c12-8-4-1-2-6-10(8)17-11(14-15-16-17)9-5-3-7-13-9/h1-2,4,6,9,13H,3,5,7H2. The van der Waals surface area contributed by atoms with Crippen LogP contribution < -0.4 is 5.32 Å². The van der Waals surface area contributed by atoms with Gasteiger partial charge in [0, 0.05) is 0 Å². The summed E-state index contributed by atoms with van der Waals surface area (Å²) in [6.07, 6.45) is 2.07. The number of benzene rings is 1. The predicted octanol–water partition coefficient (Wildman–Crippen LogP) is 1.23. The Labute approximate surface area is 97.6 Å². The first-order valence-corrected chi connectivity index (χ1v) is 5.63. The third-order valence-electron chi connectivity index (χ3n) is 2.95. The zero-order valence-electron chi connectivity index (χ0n) is 9.17. The van der Waals surface area contributed by atoms with Gasteiger partial charge in [0.15, 0.2) is 5.82 Å². The summed E-state index contributed by atoms with van der Waals surface area (Å²) in [5, 5.41) is 14.8. The maximum Gasteiger partial charge on any atom is 0.173 e. The minimum atomic E-state index is -0.320. The number of tetrazole rings is 1. The van der Waals surface area contributed by atoms with Gasteiger partial charge in [0.25, 0.3) is 0 Å². The largest absolute Gasteiger partial charge is 0.307 e. The lowest BCUT2D eigenvalue weighted by Crippen LogP contribution is -2.18. The second-order valence-corrected chi connectivity index (χ2v) is 4.05. The Balaban J connectivity index is 2.04. The van der Waals surface area contributed by atoms with Gasteiger partial charge < -0.3 is 5.32 Å². The molecule has 88 valence electrons. The van der Waals surface area contributed by atoms with Gasteiger partial charge in [-0.25, -0.2) is 4.39 Å². The Morgan fingerprint density at radius 1 is 1.35 bits per heavy atom. The molecule has 0 radical (unpaired) electrons. The van der Waals surface area contributed by atoms with Crippen LogP contribution in [0.3, 0.4) is 0 Å². The normalized spacial score (nSPS) is 19.7. The number of nitrogens with one attached hydrogen (secondary N) is 1. The van der Waals surface area contributed by atoms with Crippen LogP contribution in [0.1, 0.15) is 24.7 Å². The van der Waals surface area contributed by atoms with Gasteiger partial charge >= 0.3 is 0 Å². The van der Waals surface area contributed by atoms with Crippen LogP contribution in [0.4, 0.5) is 4.39 Å². The topological polar surface area (TPSA) is 55.6 Å². The van der Waals surface area contributed by atoms with E-state index >= 15 is 0 Å². The van der Waals surface area contributed by atoms with E-state index in [9.17, 15) is 4.39 Å². The molecular formula is C11H12FN5. The molecule has 2 heterocycles. The molecule has 1 fully saturated rings. The lowest BCUT2D eigenvalue weighted by atomic mass is 10.2. The van der Waals surface area contributed by atoms with E-state index in [-0.39, 0.29) is 11.9 Å². The molecule has 0 saturated carbocycles. The van der Waals surface area contributed by atoms with Gasteiger partial charge in [-0.05, 0) is 41.9 Å². The quantitative estimate of drug-likeness (QED) is 0.847. The fraction of sp³-hybridized carbons (Fsp3) is 0.364. The zero-order valence-corrected chi connectivity index (χ0v) is 9.17. The molecule has 17 heavy (non-hydrogen) atoms. The number of aromatic nitrogens is 4. The van der Waals surface area contributed by atoms with Crippen molar-refractivity contribution in [2.45, 2.75) is 18.9 Å². The fourth-order valence-electron chi connectivity index (χ4n) is 2.11. The maximum atomic E-state index is 13.7. The summed E-state index contributed by atoms with van der Waals surface area (Å²) in [6, 6.07) is 6.61. The van der Waals surface area contributed by atoms with Crippen molar-refractivity contribution in [1.82, 2.24) is 25.5 Å². The molecule has 1 aromatic heterocycles. The van der Waals surface area contributed by atoms with Gasteiger partial charge in [0.1, 0.15) is 11.5 Å². The molecular weight excluding hydrogens is 221 g/mol. The van der Waals surface area contributed by atoms with Crippen molar-refractivity contribution in [1.29, 1.82) is 0 Å². The highest BCUT2D eigenvalue weighted by Crippen LogP contribution is 2.23. The molecule has 0 bridgehead atoms. The summed E-state index contributed by atoms with van der Waals surface area (Å²) in [5.41, 5.74) is 0.390. The molecule has 1 saturated heterocycles. The van der Waals surface area contributed by atoms with Crippen molar-refractivity contribution in [2.24, 2.45) is 0 Å². The second-order valence-electron chi connectivity index (χ2n) is 4.05. The highest BCUT2D eigenvalue weighted by molar-refractivity contribution is 5.33. The molecule has 1 aliphatic rings. The van der Waals surface area contributed by atoms with E-state index in [1.165, 1.54) is 10.7 Å². The number of para-hydroxylation sites is 1. The molecule has 1 atom stereocenters. The number of rotatable bonds is 2. The number of hydrogen-bond donors (Lipinski definition) is 1. The molecule has 0 spiro atoms. The van der Waals surface area contributed by atoms with Crippen molar-refractivity contribution >= 4 is 0 Å². The van der Waals surface area contributed by atoms with E-state index in [1.54, 1.807) is 18.2 Å². The predicted molar refractivity (Wildman–Crippen MR) is 59.1 cm³/mol. The average molecular weight is 233 g/mol. The first-order valence-electron chi connectivity index (χ1n) is 5.63. The van der Waals surface area contributed by atoms with Gasteiger partial charge in [-0.2, -0.15) is 4.68 Å². The second kappa shape index (κ2) is 4.21. The first-order chi connectivity index (χ1) is 8.36. The van der Waals surface area contributed by atoms with Crippen LogP contribution in [0.5, 0.6) is 0 Å². The van der Waals surface area contributed by atoms with Crippen LogP contribution in [-0.4, -0.2) is 26.8 Å². The first kappa shape index (κ1) is 10.3. The molecule has 1 aliphatic heterocycles. The smallest absolute Gasteiger partial charge is 0.173 e. The summed E-state index contributed by atoms with van der Waals surface area (Å²) in [6.45, 7) is 0.953. The number of hydrogen-bond acceptors (Lipinski definition) is 4. The van der Waals surface area contributed by atoms with Crippen molar-refractivity contribution < 1.29 is 4.39 Å².